The SMILES string of the molecule is CCc1c[c]c(CCC(C)OC)c(CC)c1CC. The van der Waals surface area contributed by atoms with Gasteiger partial charge >= 0.3 is 0 Å². The lowest BCUT2D eigenvalue weighted by molar-refractivity contribution is 0.111. The van der Waals surface area contributed by atoms with Crippen molar-refractivity contribution in [1.29, 1.82) is 0 Å². The fourth-order valence-electron chi connectivity index (χ4n) is 2.60. The predicted octanol–water partition coefficient (Wildman–Crippen LogP) is 4.14. The molecule has 101 valence electrons. The van der Waals surface area contributed by atoms with Gasteiger partial charge in [-0.3, -0.25) is 0 Å². The molecular formula is C17H27O. The predicted molar refractivity (Wildman–Crippen MR) is 78.2 cm³/mol. The van der Waals surface area contributed by atoms with Crippen LogP contribution in [-0.2, 0) is 30.4 Å². The second kappa shape index (κ2) is 7.58. The van der Waals surface area contributed by atoms with Crippen LogP contribution in [0.3, 0.4) is 0 Å². The minimum atomic E-state index is 0.332. The van der Waals surface area contributed by atoms with E-state index in [1.54, 1.807) is 12.7 Å². The molecule has 1 rings (SSSR count). The molecule has 0 aliphatic carbocycles. The van der Waals surface area contributed by atoms with E-state index >= 15 is 0 Å². The first-order valence-electron chi connectivity index (χ1n) is 7.24. The molecule has 1 radical (unpaired) electrons. The number of hydrogen-bond donors (Lipinski definition) is 0. The highest BCUT2D eigenvalue weighted by Gasteiger charge is 2.11. The standard InChI is InChI=1S/C17H27O/c1-6-14-11-12-15(10-9-13(4)18-5)17(8-3)16(14)7-2/h11,13H,6-10H2,1-5H3. The van der Waals surface area contributed by atoms with E-state index in [1.165, 1.54) is 16.7 Å². The summed E-state index contributed by atoms with van der Waals surface area (Å²) >= 11 is 0. The molecule has 0 saturated carbocycles. The van der Waals surface area contributed by atoms with Crippen molar-refractivity contribution in [3.63, 3.8) is 0 Å². The molecule has 0 spiro atoms. The third kappa shape index (κ3) is 3.58. The molecule has 1 unspecified atom stereocenters. The number of rotatable bonds is 7. The van der Waals surface area contributed by atoms with Crippen LogP contribution in [0.2, 0.25) is 0 Å². The van der Waals surface area contributed by atoms with Crippen LogP contribution in [0.4, 0.5) is 0 Å². The molecule has 18 heavy (non-hydrogen) atoms. The second-order valence-electron chi connectivity index (χ2n) is 4.90. The summed E-state index contributed by atoms with van der Waals surface area (Å²) in [7, 11) is 1.78. The molecule has 1 atom stereocenters. The zero-order chi connectivity index (χ0) is 13.5. The number of ether oxygens (including phenoxy) is 1. The molecule has 0 aliphatic heterocycles. The minimum Gasteiger partial charge on any atom is -0.382 e. The van der Waals surface area contributed by atoms with Crippen molar-refractivity contribution in [1.82, 2.24) is 0 Å². The van der Waals surface area contributed by atoms with Crippen molar-refractivity contribution in [2.45, 2.75) is 65.9 Å². The van der Waals surface area contributed by atoms with Gasteiger partial charge in [0.2, 0.25) is 0 Å². The molecule has 0 heterocycles. The molecule has 0 aliphatic rings. The van der Waals surface area contributed by atoms with Gasteiger partial charge in [-0.15, -0.1) is 0 Å². The molecule has 0 amide bonds. The van der Waals surface area contributed by atoms with E-state index in [-0.39, 0.29) is 0 Å². The van der Waals surface area contributed by atoms with Crippen molar-refractivity contribution in [2.75, 3.05) is 7.11 Å². The highest BCUT2D eigenvalue weighted by Crippen LogP contribution is 2.23. The van der Waals surface area contributed by atoms with Crippen LogP contribution in [0.1, 0.15) is 56.4 Å². The molecular weight excluding hydrogens is 220 g/mol. The monoisotopic (exact) mass is 247 g/mol. The Balaban J connectivity index is 2.97. The van der Waals surface area contributed by atoms with Crippen LogP contribution < -0.4 is 0 Å². The van der Waals surface area contributed by atoms with E-state index in [4.69, 9.17) is 4.74 Å². The summed E-state index contributed by atoms with van der Waals surface area (Å²) in [5.74, 6) is 0. The van der Waals surface area contributed by atoms with Crippen LogP contribution >= 0.6 is 0 Å². The average Bonchev–Trinajstić information content (AvgIpc) is 2.43. The Morgan fingerprint density at radius 2 is 1.78 bits per heavy atom. The number of benzene rings is 1. The van der Waals surface area contributed by atoms with Crippen molar-refractivity contribution < 1.29 is 4.74 Å². The molecule has 0 saturated heterocycles. The van der Waals surface area contributed by atoms with Gasteiger partial charge in [0.1, 0.15) is 0 Å². The van der Waals surface area contributed by atoms with Gasteiger partial charge < -0.3 is 4.74 Å². The van der Waals surface area contributed by atoms with E-state index in [1.807, 2.05) is 0 Å². The van der Waals surface area contributed by atoms with Gasteiger partial charge in [0.25, 0.3) is 0 Å². The summed E-state index contributed by atoms with van der Waals surface area (Å²) < 4.78 is 5.33. The van der Waals surface area contributed by atoms with Gasteiger partial charge in [0.05, 0.1) is 6.10 Å². The number of hydrogen-bond acceptors (Lipinski definition) is 1. The van der Waals surface area contributed by atoms with Crippen molar-refractivity contribution in [3.8, 4) is 0 Å². The maximum absolute atomic E-state index is 5.33. The maximum atomic E-state index is 5.33. The van der Waals surface area contributed by atoms with Gasteiger partial charge in [-0.2, -0.15) is 0 Å². The molecule has 1 nitrogen and oxygen atoms in total. The van der Waals surface area contributed by atoms with E-state index in [2.05, 4.69) is 39.8 Å². The maximum Gasteiger partial charge on any atom is 0.0546 e. The van der Waals surface area contributed by atoms with E-state index in [0.29, 0.717) is 6.10 Å². The fourth-order valence-corrected chi connectivity index (χ4v) is 2.60. The molecule has 1 heteroatoms. The minimum absolute atomic E-state index is 0.332. The largest absolute Gasteiger partial charge is 0.382 e. The fraction of sp³-hybridized carbons (Fsp3) is 0.647. The third-order valence-corrected chi connectivity index (χ3v) is 3.83. The lowest BCUT2D eigenvalue weighted by atomic mass is 9.89. The topological polar surface area (TPSA) is 9.23 Å². The smallest absolute Gasteiger partial charge is 0.0546 e. The summed E-state index contributed by atoms with van der Waals surface area (Å²) in [6.07, 6.45) is 5.85. The van der Waals surface area contributed by atoms with Crippen LogP contribution in [-0.4, -0.2) is 13.2 Å². The van der Waals surface area contributed by atoms with Crippen molar-refractivity contribution in [2.24, 2.45) is 0 Å². The van der Waals surface area contributed by atoms with Gasteiger partial charge in [-0.05, 0) is 67.3 Å². The number of methoxy groups -OCH3 is 1. The van der Waals surface area contributed by atoms with Crippen LogP contribution in [0.5, 0.6) is 0 Å². The quantitative estimate of drug-likeness (QED) is 0.703. The lowest BCUT2D eigenvalue weighted by Gasteiger charge is -2.17. The Hall–Kier alpha value is -0.820. The van der Waals surface area contributed by atoms with Gasteiger partial charge in [-0.25, -0.2) is 0 Å². The zero-order valence-electron chi connectivity index (χ0n) is 12.6. The highest BCUT2D eigenvalue weighted by molar-refractivity contribution is 5.41. The van der Waals surface area contributed by atoms with E-state index < -0.39 is 0 Å². The Morgan fingerprint density at radius 3 is 2.28 bits per heavy atom. The summed E-state index contributed by atoms with van der Waals surface area (Å²) in [5.41, 5.74) is 5.95. The first kappa shape index (κ1) is 15.2. The van der Waals surface area contributed by atoms with Crippen LogP contribution in [0.15, 0.2) is 6.07 Å². The Bertz CT molecular complexity index is 368. The van der Waals surface area contributed by atoms with Crippen molar-refractivity contribution >= 4 is 0 Å². The lowest BCUT2D eigenvalue weighted by Crippen LogP contribution is -2.09. The molecule has 0 fully saturated rings. The third-order valence-electron chi connectivity index (χ3n) is 3.83. The Kier molecular flexibility index (Phi) is 6.42. The van der Waals surface area contributed by atoms with Crippen LogP contribution in [0.25, 0.3) is 0 Å². The summed E-state index contributed by atoms with van der Waals surface area (Å²) in [5, 5.41) is 0. The first-order valence-corrected chi connectivity index (χ1v) is 7.24. The average molecular weight is 247 g/mol. The van der Waals surface area contributed by atoms with E-state index in [0.717, 1.165) is 32.1 Å². The van der Waals surface area contributed by atoms with Crippen LogP contribution in [0, 0.1) is 6.07 Å². The normalized spacial score (nSPS) is 12.7. The van der Waals surface area contributed by atoms with Gasteiger partial charge in [0.15, 0.2) is 0 Å². The summed E-state index contributed by atoms with van der Waals surface area (Å²) in [6, 6.07) is 5.71. The second-order valence-corrected chi connectivity index (χ2v) is 4.90. The van der Waals surface area contributed by atoms with E-state index in [9.17, 15) is 0 Å². The highest BCUT2D eigenvalue weighted by atomic mass is 16.5. The Labute approximate surface area is 113 Å². The summed E-state index contributed by atoms with van der Waals surface area (Å²) in [6.45, 7) is 8.88. The Morgan fingerprint density at radius 1 is 1.11 bits per heavy atom. The van der Waals surface area contributed by atoms with Gasteiger partial charge in [0, 0.05) is 7.11 Å². The molecule has 0 bridgehead atoms. The summed E-state index contributed by atoms with van der Waals surface area (Å²) in [4.78, 5) is 0. The first-order chi connectivity index (χ1) is 8.67. The van der Waals surface area contributed by atoms with Gasteiger partial charge in [-0.1, -0.05) is 26.8 Å². The molecule has 0 N–H and O–H groups in total. The molecule has 0 aromatic heterocycles. The molecule has 1 aromatic rings. The molecule has 1 aromatic carbocycles. The zero-order valence-corrected chi connectivity index (χ0v) is 12.6. The van der Waals surface area contributed by atoms with Crippen molar-refractivity contribution in [3.05, 3.63) is 34.4 Å². The number of aryl methyl sites for hydroxylation is 2.